The molecule has 116 valence electrons. The first-order valence-electron chi connectivity index (χ1n) is 6.27. The van der Waals surface area contributed by atoms with Crippen molar-refractivity contribution >= 4 is 44.6 Å². The van der Waals surface area contributed by atoms with Crippen molar-refractivity contribution in [3.63, 3.8) is 0 Å². The van der Waals surface area contributed by atoms with Gasteiger partial charge < -0.3 is 10.6 Å². The number of anilines is 2. The van der Waals surface area contributed by atoms with Crippen molar-refractivity contribution in [2.24, 2.45) is 0 Å². The molecule has 0 aliphatic heterocycles. The maximum Gasteiger partial charge on any atom is 0.416 e. The summed E-state index contributed by atoms with van der Waals surface area (Å²) in [5.74, 6) is 0. The van der Waals surface area contributed by atoms with E-state index in [9.17, 15) is 13.2 Å². The van der Waals surface area contributed by atoms with Crippen molar-refractivity contribution in [1.29, 1.82) is 0 Å². The molecule has 0 aliphatic carbocycles. The summed E-state index contributed by atoms with van der Waals surface area (Å²) in [4.78, 5) is 0. The van der Waals surface area contributed by atoms with Crippen molar-refractivity contribution in [3.8, 4) is 0 Å². The molecule has 0 unspecified atom stereocenters. The minimum Gasteiger partial charge on any atom is -0.332 e. The molecular formula is C15H12BrF3N2S. The van der Waals surface area contributed by atoms with Crippen molar-refractivity contribution in [2.45, 2.75) is 13.1 Å². The number of alkyl halides is 3. The van der Waals surface area contributed by atoms with Gasteiger partial charge in [-0.05, 0) is 61.1 Å². The third-order valence-electron chi connectivity index (χ3n) is 2.86. The van der Waals surface area contributed by atoms with E-state index in [2.05, 4.69) is 26.6 Å². The molecule has 2 rings (SSSR count). The Kier molecular flexibility index (Phi) is 5.08. The second-order valence-corrected chi connectivity index (χ2v) is 5.88. The van der Waals surface area contributed by atoms with Crippen LogP contribution in [-0.2, 0) is 6.18 Å². The fraction of sp³-hybridized carbons (Fsp3) is 0.133. The number of thiocarbonyl (C=S) groups is 1. The molecule has 2 nitrogen and oxygen atoms in total. The summed E-state index contributed by atoms with van der Waals surface area (Å²) < 4.78 is 38.9. The number of hydrogen-bond acceptors (Lipinski definition) is 1. The van der Waals surface area contributed by atoms with Gasteiger partial charge in [-0.1, -0.05) is 22.0 Å². The zero-order valence-corrected chi connectivity index (χ0v) is 13.9. The van der Waals surface area contributed by atoms with E-state index in [0.29, 0.717) is 0 Å². The fourth-order valence-electron chi connectivity index (χ4n) is 1.79. The molecule has 0 aromatic heterocycles. The van der Waals surface area contributed by atoms with Crippen LogP contribution in [0.25, 0.3) is 0 Å². The Labute approximate surface area is 139 Å². The normalized spacial score (nSPS) is 11.1. The Morgan fingerprint density at radius 1 is 1.05 bits per heavy atom. The van der Waals surface area contributed by atoms with Crippen molar-refractivity contribution in [3.05, 3.63) is 58.1 Å². The van der Waals surface area contributed by atoms with E-state index in [1.165, 1.54) is 12.1 Å². The van der Waals surface area contributed by atoms with Crippen molar-refractivity contribution in [1.82, 2.24) is 0 Å². The average Bonchev–Trinajstić information content (AvgIpc) is 2.42. The smallest absolute Gasteiger partial charge is 0.332 e. The Balaban J connectivity index is 2.07. The Bertz CT molecular complexity index is 701. The zero-order chi connectivity index (χ0) is 16.3. The Morgan fingerprint density at radius 2 is 1.68 bits per heavy atom. The lowest BCUT2D eigenvalue weighted by atomic mass is 10.2. The van der Waals surface area contributed by atoms with Crippen LogP contribution in [0.2, 0.25) is 0 Å². The number of rotatable bonds is 2. The van der Waals surface area contributed by atoms with E-state index >= 15 is 0 Å². The zero-order valence-electron chi connectivity index (χ0n) is 11.5. The van der Waals surface area contributed by atoms with Crippen LogP contribution < -0.4 is 10.6 Å². The number of nitrogens with one attached hydrogen (secondary N) is 2. The summed E-state index contributed by atoms with van der Waals surface area (Å²) in [6, 6.07) is 10.4. The largest absolute Gasteiger partial charge is 0.416 e. The lowest BCUT2D eigenvalue weighted by Crippen LogP contribution is -2.19. The molecule has 2 N–H and O–H groups in total. The predicted octanol–water partition coefficient (Wildman–Crippen LogP) is 5.59. The highest BCUT2D eigenvalue weighted by molar-refractivity contribution is 9.10. The molecule has 0 spiro atoms. The summed E-state index contributed by atoms with van der Waals surface area (Å²) in [6.07, 6.45) is -4.38. The third-order valence-corrected chi connectivity index (χ3v) is 3.96. The highest BCUT2D eigenvalue weighted by Gasteiger charge is 2.30. The fourth-order valence-corrected chi connectivity index (χ4v) is 2.27. The van der Waals surface area contributed by atoms with Gasteiger partial charge in [0.2, 0.25) is 0 Å². The van der Waals surface area contributed by atoms with E-state index < -0.39 is 11.7 Å². The lowest BCUT2D eigenvalue weighted by Gasteiger charge is -2.13. The van der Waals surface area contributed by atoms with Crippen molar-refractivity contribution in [2.75, 3.05) is 10.6 Å². The number of hydrogen-bond donors (Lipinski definition) is 2. The Hall–Kier alpha value is -1.60. The molecule has 22 heavy (non-hydrogen) atoms. The molecule has 0 bridgehead atoms. The van der Waals surface area contributed by atoms with Gasteiger partial charge in [0.15, 0.2) is 5.11 Å². The van der Waals surface area contributed by atoms with Gasteiger partial charge in [0.05, 0.1) is 5.56 Å². The second kappa shape index (κ2) is 6.66. The monoisotopic (exact) mass is 388 g/mol. The van der Waals surface area contributed by atoms with E-state index in [1.54, 1.807) is 0 Å². The van der Waals surface area contributed by atoms with Crippen LogP contribution >= 0.6 is 28.1 Å². The molecule has 2 aromatic rings. The molecule has 2 aromatic carbocycles. The highest BCUT2D eigenvalue weighted by Crippen LogP contribution is 2.30. The summed E-state index contributed by atoms with van der Waals surface area (Å²) in [7, 11) is 0. The summed E-state index contributed by atoms with van der Waals surface area (Å²) in [6.45, 7) is 1.93. The van der Waals surface area contributed by atoms with Gasteiger partial charge in [0, 0.05) is 15.8 Å². The van der Waals surface area contributed by atoms with Gasteiger partial charge >= 0.3 is 6.18 Å². The summed E-state index contributed by atoms with van der Waals surface area (Å²) in [5.41, 5.74) is 1.33. The van der Waals surface area contributed by atoms with Crippen molar-refractivity contribution < 1.29 is 13.2 Å². The SMILES string of the molecule is Cc1cc(NC(=S)Nc2cccc(C(F)(F)F)c2)ccc1Br. The maximum atomic E-state index is 12.7. The number of halogens is 4. The molecule has 0 atom stereocenters. The van der Waals surface area contributed by atoms with Crippen LogP contribution in [-0.4, -0.2) is 5.11 Å². The van der Waals surface area contributed by atoms with Crippen LogP contribution in [0.4, 0.5) is 24.5 Å². The lowest BCUT2D eigenvalue weighted by molar-refractivity contribution is -0.137. The summed E-state index contributed by atoms with van der Waals surface area (Å²) in [5, 5.41) is 5.90. The van der Waals surface area contributed by atoms with Gasteiger partial charge in [-0.2, -0.15) is 13.2 Å². The van der Waals surface area contributed by atoms with E-state index in [1.807, 2.05) is 25.1 Å². The predicted molar refractivity (Wildman–Crippen MR) is 90.2 cm³/mol. The summed E-state index contributed by atoms with van der Waals surface area (Å²) >= 11 is 8.51. The standard InChI is InChI=1S/C15H12BrF3N2S/c1-9-7-12(5-6-13(9)16)21-14(22)20-11-4-2-3-10(8-11)15(17,18)19/h2-8H,1H3,(H2,20,21,22). The Morgan fingerprint density at radius 3 is 2.27 bits per heavy atom. The van der Waals surface area contributed by atoms with Crippen LogP contribution in [0.1, 0.15) is 11.1 Å². The van der Waals surface area contributed by atoms with Crippen LogP contribution in [0.3, 0.4) is 0 Å². The van der Waals surface area contributed by atoms with Gasteiger partial charge in [-0.3, -0.25) is 0 Å². The van der Waals surface area contributed by atoms with Gasteiger partial charge in [0.25, 0.3) is 0 Å². The van der Waals surface area contributed by atoms with Crippen LogP contribution in [0.15, 0.2) is 46.9 Å². The molecule has 0 fully saturated rings. The first-order chi connectivity index (χ1) is 10.3. The van der Waals surface area contributed by atoms with Gasteiger partial charge in [-0.15, -0.1) is 0 Å². The molecule has 0 amide bonds. The number of aryl methyl sites for hydroxylation is 1. The van der Waals surface area contributed by atoms with Crippen LogP contribution in [0, 0.1) is 6.92 Å². The molecule has 0 radical (unpaired) electrons. The van der Waals surface area contributed by atoms with Crippen LogP contribution in [0.5, 0.6) is 0 Å². The van der Waals surface area contributed by atoms with E-state index in [4.69, 9.17) is 12.2 Å². The van der Waals surface area contributed by atoms with E-state index in [0.717, 1.165) is 27.9 Å². The highest BCUT2D eigenvalue weighted by atomic mass is 79.9. The molecule has 0 aliphatic rings. The second-order valence-electron chi connectivity index (χ2n) is 4.62. The number of benzene rings is 2. The van der Waals surface area contributed by atoms with E-state index in [-0.39, 0.29) is 10.8 Å². The molecular weight excluding hydrogens is 377 g/mol. The topological polar surface area (TPSA) is 24.1 Å². The molecule has 7 heteroatoms. The van der Waals surface area contributed by atoms with Gasteiger partial charge in [-0.25, -0.2) is 0 Å². The maximum absolute atomic E-state index is 12.7. The molecule has 0 saturated heterocycles. The quantitative estimate of drug-likeness (QED) is 0.656. The van der Waals surface area contributed by atoms with Gasteiger partial charge in [0.1, 0.15) is 0 Å². The minimum atomic E-state index is -4.38. The minimum absolute atomic E-state index is 0.223. The average molecular weight is 389 g/mol. The third kappa shape index (κ3) is 4.45. The molecule has 0 saturated carbocycles. The first-order valence-corrected chi connectivity index (χ1v) is 7.47. The molecule has 0 heterocycles. The first kappa shape index (κ1) is 16.8.